The highest BCUT2D eigenvalue weighted by Gasteiger charge is 2.24. The van der Waals surface area contributed by atoms with E-state index in [4.69, 9.17) is 18.0 Å². The smallest absolute Gasteiger partial charge is 0.224 e. The van der Waals surface area contributed by atoms with Gasteiger partial charge < -0.3 is 11.1 Å². The lowest BCUT2D eigenvalue weighted by molar-refractivity contribution is -0.116. The summed E-state index contributed by atoms with van der Waals surface area (Å²) < 4.78 is 0.798. The Kier molecular flexibility index (Phi) is 3.79. The molecule has 0 unspecified atom stereocenters. The van der Waals surface area contributed by atoms with Crippen LogP contribution in [0.25, 0.3) is 0 Å². The maximum atomic E-state index is 11.7. The first-order valence-corrected chi connectivity index (χ1v) is 6.65. The molecule has 3 N–H and O–H groups in total. The van der Waals surface area contributed by atoms with E-state index in [9.17, 15) is 4.79 Å². The zero-order valence-electron chi connectivity index (χ0n) is 9.20. The van der Waals surface area contributed by atoms with E-state index in [0.717, 1.165) is 15.7 Å². The van der Waals surface area contributed by atoms with Gasteiger partial charge in [-0.1, -0.05) is 12.2 Å². The third-order valence-corrected chi connectivity index (χ3v) is 3.59. The first-order valence-electron chi connectivity index (χ1n) is 5.45. The van der Waals surface area contributed by atoms with Gasteiger partial charge in [-0.05, 0) is 52.9 Å². The van der Waals surface area contributed by atoms with E-state index < -0.39 is 0 Å². The van der Waals surface area contributed by atoms with Crippen LogP contribution in [0.3, 0.4) is 0 Å². The molecular weight excluding hydrogens is 300 g/mol. The molecule has 17 heavy (non-hydrogen) atoms. The Morgan fingerprint density at radius 2 is 2.24 bits per heavy atom. The highest BCUT2D eigenvalue weighted by Crippen LogP contribution is 2.33. The molecular formula is C12H13BrN2OS. The van der Waals surface area contributed by atoms with Crippen LogP contribution in [0, 0.1) is 5.92 Å². The predicted molar refractivity (Wildman–Crippen MR) is 76.0 cm³/mol. The number of benzene rings is 1. The van der Waals surface area contributed by atoms with Gasteiger partial charge in [-0.3, -0.25) is 4.79 Å². The molecule has 2 rings (SSSR count). The lowest BCUT2D eigenvalue weighted by atomic mass is 10.2. The second-order valence-corrected chi connectivity index (χ2v) is 5.55. The van der Waals surface area contributed by atoms with Crippen LogP contribution in [0.5, 0.6) is 0 Å². The highest BCUT2D eigenvalue weighted by molar-refractivity contribution is 9.10. The first-order chi connectivity index (χ1) is 8.06. The van der Waals surface area contributed by atoms with Crippen LogP contribution in [0.1, 0.15) is 24.8 Å². The van der Waals surface area contributed by atoms with Crippen LogP contribution < -0.4 is 11.1 Å². The fraction of sp³-hybridized carbons (Fsp3) is 0.333. The topological polar surface area (TPSA) is 55.1 Å². The zero-order valence-corrected chi connectivity index (χ0v) is 11.6. The molecule has 0 aromatic heterocycles. The van der Waals surface area contributed by atoms with E-state index in [0.29, 0.717) is 17.3 Å². The Hall–Kier alpha value is -0.940. The molecule has 0 heterocycles. The number of amides is 1. The van der Waals surface area contributed by atoms with E-state index >= 15 is 0 Å². The van der Waals surface area contributed by atoms with Crippen molar-refractivity contribution in [3.63, 3.8) is 0 Å². The van der Waals surface area contributed by atoms with Gasteiger partial charge in [-0.2, -0.15) is 0 Å². The number of halogens is 1. The number of carbonyl (C=O) groups is 1. The maximum absolute atomic E-state index is 11.7. The van der Waals surface area contributed by atoms with Crippen LogP contribution in [-0.2, 0) is 4.79 Å². The molecule has 1 aliphatic carbocycles. The molecule has 0 saturated heterocycles. The van der Waals surface area contributed by atoms with Gasteiger partial charge in [0.05, 0.1) is 5.69 Å². The van der Waals surface area contributed by atoms with Crippen molar-refractivity contribution in [2.75, 3.05) is 5.32 Å². The molecule has 1 fully saturated rings. The van der Waals surface area contributed by atoms with Crippen LogP contribution in [0.15, 0.2) is 22.7 Å². The molecule has 0 radical (unpaired) electrons. The SMILES string of the molecule is NC(=S)c1ccc(NC(=O)CC2CC2)c(Br)c1. The number of carbonyl (C=O) groups excluding carboxylic acids is 1. The summed E-state index contributed by atoms with van der Waals surface area (Å²) in [5.41, 5.74) is 7.08. The second kappa shape index (κ2) is 5.14. The highest BCUT2D eigenvalue weighted by atomic mass is 79.9. The van der Waals surface area contributed by atoms with Crippen LogP contribution in [0.2, 0.25) is 0 Å². The summed E-state index contributed by atoms with van der Waals surface area (Å²) in [5, 5.41) is 2.88. The van der Waals surface area contributed by atoms with Crippen LogP contribution in [0.4, 0.5) is 5.69 Å². The van der Waals surface area contributed by atoms with E-state index in [2.05, 4.69) is 21.2 Å². The largest absolute Gasteiger partial charge is 0.389 e. The minimum Gasteiger partial charge on any atom is -0.389 e. The van der Waals surface area contributed by atoms with E-state index in [1.54, 1.807) is 6.07 Å². The molecule has 0 spiro atoms. The van der Waals surface area contributed by atoms with Gasteiger partial charge in [0.25, 0.3) is 0 Å². The molecule has 1 amide bonds. The number of nitrogens with two attached hydrogens (primary N) is 1. The predicted octanol–water partition coefficient (Wildman–Crippen LogP) is 2.82. The second-order valence-electron chi connectivity index (χ2n) is 4.25. The molecule has 0 aliphatic heterocycles. The molecule has 1 aromatic carbocycles. The fourth-order valence-electron chi connectivity index (χ4n) is 1.56. The fourth-order valence-corrected chi connectivity index (χ4v) is 2.16. The van der Waals surface area contributed by atoms with Crippen molar-refractivity contribution >= 4 is 44.7 Å². The van der Waals surface area contributed by atoms with Crippen molar-refractivity contribution in [1.29, 1.82) is 0 Å². The lowest BCUT2D eigenvalue weighted by Gasteiger charge is -2.08. The minimum atomic E-state index is 0.0660. The van der Waals surface area contributed by atoms with Gasteiger partial charge in [0.1, 0.15) is 4.99 Å². The number of anilines is 1. The standard InChI is InChI=1S/C12H13BrN2OS/c13-9-6-8(12(14)17)3-4-10(9)15-11(16)5-7-1-2-7/h3-4,6-7H,1-2,5H2,(H2,14,17)(H,15,16). The number of nitrogens with one attached hydrogen (secondary N) is 1. The average molecular weight is 313 g/mol. The maximum Gasteiger partial charge on any atom is 0.224 e. The summed E-state index contributed by atoms with van der Waals surface area (Å²) >= 11 is 8.28. The zero-order chi connectivity index (χ0) is 12.4. The monoisotopic (exact) mass is 312 g/mol. The Morgan fingerprint density at radius 3 is 2.76 bits per heavy atom. The molecule has 1 aliphatic rings. The van der Waals surface area contributed by atoms with Crippen molar-refractivity contribution in [2.24, 2.45) is 11.7 Å². The third-order valence-electron chi connectivity index (χ3n) is 2.70. The van der Waals surface area contributed by atoms with Gasteiger partial charge in [0.2, 0.25) is 5.91 Å². The summed E-state index contributed by atoms with van der Waals surface area (Å²) in [6.07, 6.45) is 2.97. The summed E-state index contributed by atoms with van der Waals surface area (Å²) in [6.45, 7) is 0. The lowest BCUT2D eigenvalue weighted by Crippen LogP contribution is -2.13. The van der Waals surface area contributed by atoms with Gasteiger partial charge >= 0.3 is 0 Å². The number of hydrogen-bond donors (Lipinski definition) is 2. The van der Waals surface area contributed by atoms with Crippen molar-refractivity contribution in [3.05, 3.63) is 28.2 Å². The molecule has 0 bridgehead atoms. The molecule has 1 aromatic rings. The number of rotatable bonds is 4. The van der Waals surface area contributed by atoms with Crippen molar-refractivity contribution in [2.45, 2.75) is 19.3 Å². The normalized spacial score (nSPS) is 14.4. The average Bonchev–Trinajstić information content (AvgIpc) is 3.04. The number of thiocarbonyl (C=S) groups is 1. The van der Waals surface area contributed by atoms with Crippen LogP contribution >= 0.6 is 28.1 Å². The quantitative estimate of drug-likeness (QED) is 0.841. The van der Waals surface area contributed by atoms with E-state index in [-0.39, 0.29) is 5.91 Å². The Labute approximate surface area is 114 Å². The van der Waals surface area contributed by atoms with Gasteiger partial charge in [-0.15, -0.1) is 0 Å². The van der Waals surface area contributed by atoms with Crippen molar-refractivity contribution in [1.82, 2.24) is 0 Å². The van der Waals surface area contributed by atoms with Crippen molar-refractivity contribution < 1.29 is 4.79 Å². The summed E-state index contributed by atoms with van der Waals surface area (Å²) in [5.74, 6) is 0.654. The minimum absolute atomic E-state index is 0.0660. The van der Waals surface area contributed by atoms with E-state index in [1.807, 2.05) is 12.1 Å². The Morgan fingerprint density at radius 1 is 1.53 bits per heavy atom. The number of hydrogen-bond acceptors (Lipinski definition) is 2. The Bertz CT molecular complexity index is 472. The van der Waals surface area contributed by atoms with Crippen molar-refractivity contribution in [3.8, 4) is 0 Å². The van der Waals surface area contributed by atoms with Crippen LogP contribution in [-0.4, -0.2) is 10.9 Å². The molecule has 3 nitrogen and oxygen atoms in total. The summed E-state index contributed by atoms with van der Waals surface area (Å²) in [4.78, 5) is 12.0. The third kappa shape index (κ3) is 3.51. The molecule has 0 atom stereocenters. The Balaban J connectivity index is 2.04. The molecule has 90 valence electrons. The van der Waals surface area contributed by atoms with Gasteiger partial charge in [-0.25, -0.2) is 0 Å². The van der Waals surface area contributed by atoms with E-state index in [1.165, 1.54) is 12.8 Å². The molecule has 1 saturated carbocycles. The summed E-state index contributed by atoms with van der Waals surface area (Å²) in [7, 11) is 0. The first kappa shape index (κ1) is 12.5. The van der Waals surface area contributed by atoms with Gasteiger partial charge in [0, 0.05) is 16.5 Å². The van der Waals surface area contributed by atoms with Gasteiger partial charge in [0.15, 0.2) is 0 Å². The summed E-state index contributed by atoms with van der Waals surface area (Å²) in [6, 6.07) is 5.43. The molecule has 5 heteroatoms.